The van der Waals surface area contributed by atoms with Crippen LogP contribution in [0.4, 0.5) is 0 Å². The standard InChI is InChI=1S/C17H17NO3S/c18-17(19)13-2-4-14(5-3-13)22-10-7-12-1-6-15-16(11-12)21-9-8-20-15/h1-6,11H,7-10H2,(H2,18,19). The van der Waals surface area contributed by atoms with Crippen molar-refractivity contribution in [1.82, 2.24) is 0 Å². The summed E-state index contributed by atoms with van der Waals surface area (Å²) in [4.78, 5) is 12.1. The van der Waals surface area contributed by atoms with Crippen LogP contribution in [-0.4, -0.2) is 24.9 Å². The summed E-state index contributed by atoms with van der Waals surface area (Å²) in [5.74, 6) is 2.22. The van der Waals surface area contributed by atoms with Gasteiger partial charge in [-0.05, 0) is 48.4 Å². The van der Waals surface area contributed by atoms with Crippen LogP contribution in [0.25, 0.3) is 0 Å². The number of rotatable bonds is 5. The molecule has 22 heavy (non-hydrogen) atoms. The maximum atomic E-state index is 11.0. The summed E-state index contributed by atoms with van der Waals surface area (Å²) in [6.45, 7) is 1.22. The molecule has 0 spiro atoms. The van der Waals surface area contributed by atoms with Crippen LogP contribution in [0.3, 0.4) is 0 Å². The molecule has 2 aromatic rings. The van der Waals surface area contributed by atoms with E-state index in [1.165, 1.54) is 5.56 Å². The number of nitrogens with two attached hydrogens (primary N) is 1. The topological polar surface area (TPSA) is 61.6 Å². The van der Waals surface area contributed by atoms with Gasteiger partial charge in [-0.25, -0.2) is 0 Å². The van der Waals surface area contributed by atoms with Gasteiger partial charge in [0.2, 0.25) is 5.91 Å². The van der Waals surface area contributed by atoms with Crippen molar-refractivity contribution in [2.24, 2.45) is 5.73 Å². The fourth-order valence-electron chi connectivity index (χ4n) is 2.25. The van der Waals surface area contributed by atoms with Crippen LogP contribution in [-0.2, 0) is 6.42 Å². The highest BCUT2D eigenvalue weighted by molar-refractivity contribution is 7.99. The molecule has 0 fully saturated rings. The van der Waals surface area contributed by atoms with E-state index in [2.05, 4.69) is 6.07 Å². The van der Waals surface area contributed by atoms with E-state index in [9.17, 15) is 4.79 Å². The van der Waals surface area contributed by atoms with E-state index in [4.69, 9.17) is 15.2 Å². The molecule has 5 heteroatoms. The lowest BCUT2D eigenvalue weighted by molar-refractivity contribution is 0.1000. The highest BCUT2D eigenvalue weighted by atomic mass is 32.2. The average Bonchev–Trinajstić information content (AvgIpc) is 2.55. The molecule has 0 unspecified atom stereocenters. The van der Waals surface area contributed by atoms with Crippen LogP contribution in [0, 0.1) is 0 Å². The van der Waals surface area contributed by atoms with Crippen LogP contribution in [0.2, 0.25) is 0 Å². The van der Waals surface area contributed by atoms with Crippen molar-refractivity contribution < 1.29 is 14.3 Å². The zero-order valence-corrected chi connectivity index (χ0v) is 12.9. The van der Waals surface area contributed by atoms with Crippen LogP contribution >= 0.6 is 11.8 Å². The molecule has 114 valence electrons. The molecule has 2 aromatic carbocycles. The number of thioether (sulfide) groups is 1. The van der Waals surface area contributed by atoms with Crippen molar-refractivity contribution in [2.75, 3.05) is 19.0 Å². The van der Waals surface area contributed by atoms with E-state index in [1.54, 1.807) is 23.9 Å². The first-order chi connectivity index (χ1) is 10.7. The summed E-state index contributed by atoms with van der Waals surface area (Å²) < 4.78 is 11.1. The largest absolute Gasteiger partial charge is 0.486 e. The van der Waals surface area contributed by atoms with Gasteiger partial charge in [0.15, 0.2) is 11.5 Å². The van der Waals surface area contributed by atoms with Gasteiger partial charge in [0, 0.05) is 16.2 Å². The molecular weight excluding hydrogens is 298 g/mol. The summed E-state index contributed by atoms with van der Waals surface area (Å²) in [7, 11) is 0. The molecule has 0 atom stereocenters. The van der Waals surface area contributed by atoms with Crippen molar-refractivity contribution in [3.05, 3.63) is 53.6 Å². The van der Waals surface area contributed by atoms with E-state index in [0.717, 1.165) is 28.6 Å². The zero-order chi connectivity index (χ0) is 15.4. The van der Waals surface area contributed by atoms with E-state index >= 15 is 0 Å². The predicted molar refractivity (Wildman–Crippen MR) is 86.8 cm³/mol. The number of benzene rings is 2. The number of carbonyl (C=O) groups excluding carboxylic acids is 1. The number of primary amides is 1. The minimum Gasteiger partial charge on any atom is -0.486 e. The minimum absolute atomic E-state index is 0.396. The molecule has 1 amide bonds. The molecule has 0 aromatic heterocycles. The second-order valence-electron chi connectivity index (χ2n) is 4.97. The normalized spacial score (nSPS) is 12.9. The van der Waals surface area contributed by atoms with Gasteiger partial charge in [-0.2, -0.15) is 0 Å². The molecule has 0 saturated carbocycles. The molecule has 0 radical (unpaired) electrons. The van der Waals surface area contributed by atoms with Crippen molar-refractivity contribution in [2.45, 2.75) is 11.3 Å². The molecule has 0 saturated heterocycles. The van der Waals surface area contributed by atoms with Gasteiger partial charge >= 0.3 is 0 Å². The lowest BCUT2D eigenvalue weighted by atomic mass is 10.1. The molecular formula is C17H17NO3S. The molecule has 1 aliphatic heterocycles. The SMILES string of the molecule is NC(=O)c1ccc(SCCc2ccc3c(c2)OCCO3)cc1. The number of hydrogen-bond acceptors (Lipinski definition) is 4. The second-order valence-corrected chi connectivity index (χ2v) is 6.13. The highest BCUT2D eigenvalue weighted by Crippen LogP contribution is 2.31. The molecule has 3 rings (SSSR count). The van der Waals surface area contributed by atoms with Gasteiger partial charge in [0.25, 0.3) is 0 Å². The molecule has 0 aliphatic carbocycles. The van der Waals surface area contributed by atoms with E-state index in [-0.39, 0.29) is 0 Å². The molecule has 0 bridgehead atoms. The molecule has 1 heterocycles. The Morgan fingerprint density at radius 3 is 2.50 bits per heavy atom. The summed E-state index contributed by atoms with van der Waals surface area (Å²) in [6.07, 6.45) is 0.943. The Balaban J connectivity index is 1.55. The Labute approximate surface area is 133 Å². The van der Waals surface area contributed by atoms with Gasteiger partial charge < -0.3 is 15.2 Å². The summed E-state index contributed by atoms with van der Waals surface area (Å²) in [5, 5.41) is 0. The Morgan fingerprint density at radius 1 is 1.05 bits per heavy atom. The van der Waals surface area contributed by atoms with Gasteiger partial charge in [-0.1, -0.05) is 6.07 Å². The Bertz CT molecular complexity index is 670. The number of amides is 1. The third-order valence-corrected chi connectivity index (χ3v) is 4.42. The van der Waals surface area contributed by atoms with Gasteiger partial charge in [0.05, 0.1) is 0 Å². The number of hydrogen-bond donors (Lipinski definition) is 1. The monoisotopic (exact) mass is 315 g/mol. The molecule has 4 nitrogen and oxygen atoms in total. The minimum atomic E-state index is -0.396. The number of carbonyl (C=O) groups is 1. The Hall–Kier alpha value is -2.14. The lowest BCUT2D eigenvalue weighted by Crippen LogP contribution is -2.15. The van der Waals surface area contributed by atoms with Crippen molar-refractivity contribution in [3.8, 4) is 11.5 Å². The van der Waals surface area contributed by atoms with Crippen LogP contribution < -0.4 is 15.2 Å². The fraction of sp³-hybridized carbons (Fsp3) is 0.235. The predicted octanol–water partition coefficient (Wildman–Crippen LogP) is 2.89. The van der Waals surface area contributed by atoms with Crippen molar-refractivity contribution in [3.63, 3.8) is 0 Å². The maximum Gasteiger partial charge on any atom is 0.248 e. The zero-order valence-electron chi connectivity index (χ0n) is 12.1. The van der Waals surface area contributed by atoms with E-state index in [1.807, 2.05) is 24.3 Å². The summed E-state index contributed by atoms with van der Waals surface area (Å²) >= 11 is 1.75. The smallest absolute Gasteiger partial charge is 0.248 e. The fourth-order valence-corrected chi connectivity index (χ4v) is 3.15. The Morgan fingerprint density at radius 2 is 1.77 bits per heavy atom. The van der Waals surface area contributed by atoms with Crippen molar-refractivity contribution >= 4 is 17.7 Å². The number of fused-ring (bicyclic) bond motifs is 1. The average molecular weight is 315 g/mol. The second kappa shape index (κ2) is 6.75. The quantitative estimate of drug-likeness (QED) is 0.862. The van der Waals surface area contributed by atoms with Crippen molar-refractivity contribution in [1.29, 1.82) is 0 Å². The first-order valence-electron chi connectivity index (χ1n) is 7.13. The van der Waals surface area contributed by atoms with Gasteiger partial charge in [0.1, 0.15) is 13.2 Å². The van der Waals surface area contributed by atoms with Gasteiger partial charge in [-0.15, -0.1) is 11.8 Å². The molecule has 2 N–H and O–H groups in total. The third-order valence-electron chi connectivity index (χ3n) is 3.40. The van der Waals surface area contributed by atoms with Crippen LogP contribution in [0.5, 0.6) is 11.5 Å². The maximum absolute atomic E-state index is 11.0. The number of ether oxygens (including phenoxy) is 2. The first kappa shape index (κ1) is 14.8. The summed E-state index contributed by atoms with van der Waals surface area (Å²) in [6, 6.07) is 13.5. The first-order valence-corrected chi connectivity index (χ1v) is 8.12. The number of aryl methyl sites for hydroxylation is 1. The van der Waals surface area contributed by atoms with Crippen LogP contribution in [0.1, 0.15) is 15.9 Å². The lowest BCUT2D eigenvalue weighted by Gasteiger charge is -2.18. The van der Waals surface area contributed by atoms with E-state index < -0.39 is 5.91 Å². The Kier molecular flexibility index (Phi) is 4.53. The third kappa shape index (κ3) is 3.54. The highest BCUT2D eigenvalue weighted by Gasteiger charge is 2.11. The van der Waals surface area contributed by atoms with Gasteiger partial charge in [-0.3, -0.25) is 4.79 Å². The van der Waals surface area contributed by atoms with E-state index in [0.29, 0.717) is 18.8 Å². The summed E-state index contributed by atoms with van der Waals surface area (Å²) in [5.41, 5.74) is 6.99. The molecule has 1 aliphatic rings. The van der Waals surface area contributed by atoms with Crippen LogP contribution in [0.15, 0.2) is 47.4 Å².